The number of hydrogen-bond donors (Lipinski definition) is 3. The van der Waals surface area contributed by atoms with Crippen molar-refractivity contribution in [2.45, 2.75) is 6.54 Å². The van der Waals surface area contributed by atoms with Crippen molar-refractivity contribution >= 4 is 44.5 Å². The molecule has 0 spiro atoms. The number of aromatic nitrogens is 1. The molecular weight excluding hydrogens is 480 g/mol. The van der Waals surface area contributed by atoms with E-state index in [-0.39, 0.29) is 12.1 Å². The lowest BCUT2D eigenvalue weighted by atomic mass is 10.1. The smallest absolute Gasteiger partial charge is 0.252 e. The number of para-hydroxylation sites is 1. The Morgan fingerprint density at radius 1 is 1.14 bits per heavy atom. The first-order valence-corrected chi connectivity index (χ1v) is 13.3. The third-order valence-electron chi connectivity index (χ3n) is 5.98. The topological polar surface area (TPSA) is 130 Å². The maximum Gasteiger partial charge on any atom is 0.252 e. The summed E-state index contributed by atoms with van der Waals surface area (Å²) in [5, 5.41) is 6.47. The number of pyridine rings is 1. The van der Waals surface area contributed by atoms with Crippen molar-refractivity contribution in [1.29, 1.82) is 0 Å². The molecule has 0 radical (unpaired) electrons. The first kappa shape index (κ1) is 25.3. The number of nitrogens with two attached hydrogens (primary N) is 1. The minimum Gasteiger partial charge on any atom is -0.380 e. The van der Waals surface area contributed by atoms with Crippen LogP contribution in [0.3, 0.4) is 0 Å². The zero-order valence-electron chi connectivity index (χ0n) is 20.3. The summed E-state index contributed by atoms with van der Waals surface area (Å²) in [6.45, 7) is 3.44. The molecule has 1 saturated heterocycles. The van der Waals surface area contributed by atoms with Crippen molar-refractivity contribution in [2.75, 3.05) is 59.4 Å². The third-order valence-corrected chi connectivity index (χ3v) is 7.17. The Bertz CT molecular complexity index is 1320. The predicted octanol–water partition coefficient (Wildman–Crippen LogP) is 2.77. The number of sulfonamides is 1. The summed E-state index contributed by atoms with van der Waals surface area (Å²) in [6, 6.07) is 16.9. The molecule has 0 saturated carbocycles. The first-order chi connectivity index (χ1) is 17.2. The van der Waals surface area contributed by atoms with Crippen LogP contribution in [0.1, 0.15) is 15.9 Å². The zero-order chi connectivity index (χ0) is 25.7. The summed E-state index contributed by atoms with van der Waals surface area (Å²) in [5.41, 5.74) is 9.54. The van der Waals surface area contributed by atoms with Crippen molar-refractivity contribution in [2.24, 2.45) is 5.73 Å². The summed E-state index contributed by atoms with van der Waals surface area (Å²) in [4.78, 5) is 18.6. The van der Waals surface area contributed by atoms with Gasteiger partial charge < -0.3 is 26.0 Å². The van der Waals surface area contributed by atoms with Crippen LogP contribution in [0.2, 0.25) is 0 Å². The Morgan fingerprint density at radius 2 is 1.83 bits per heavy atom. The number of nitrogens with one attached hydrogen (secondary N) is 2. The van der Waals surface area contributed by atoms with Gasteiger partial charge in [-0.2, -0.15) is 0 Å². The monoisotopic (exact) mass is 510 g/mol. The van der Waals surface area contributed by atoms with E-state index in [0.29, 0.717) is 17.2 Å². The van der Waals surface area contributed by atoms with Crippen molar-refractivity contribution in [3.8, 4) is 0 Å². The third kappa shape index (κ3) is 6.04. The number of morpholine rings is 1. The van der Waals surface area contributed by atoms with E-state index < -0.39 is 15.9 Å². The molecule has 4 N–H and O–H groups in total. The Balaban J connectivity index is 1.52. The second-order valence-corrected chi connectivity index (χ2v) is 10.5. The summed E-state index contributed by atoms with van der Waals surface area (Å²) in [6.07, 6.45) is 2.57. The van der Waals surface area contributed by atoms with Crippen molar-refractivity contribution < 1.29 is 17.9 Å². The minimum absolute atomic E-state index is 0.233. The van der Waals surface area contributed by atoms with E-state index in [4.69, 9.17) is 10.5 Å². The second-order valence-electron chi connectivity index (χ2n) is 8.46. The molecule has 1 aliphatic heterocycles. The molecule has 4 rings (SSSR count). The van der Waals surface area contributed by atoms with E-state index in [1.54, 1.807) is 18.2 Å². The van der Waals surface area contributed by atoms with E-state index in [0.717, 1.165) is 49.5 Å². The van der Waals surface area contributed by atoms with Gasteiger partial charge in [-0.25, -0.2) is 13.4 Å². The van der Waals surface area contributed by atoms with E-state index in [9.17, 15) is 13.2 Å². The standard InChI is InChI=1S/C25H30N6O4S/c1-30(36(2,33)34)23-6-4-3-5-18(23)16-27-22-15-24(28-17-21(22)25(26)32)29-19-7-9-20(10-8-19)31-11-13-35-14-12-31/h3-10,15,17H,11-14,16H2,1-2H3,(H2,26,32)(H2,27,28,29). The Kier molecular flexibility index (Phi) is 7.61. The van der Waals surface area contributed by atoms with E-state index in [1.807, 2.05) is 36.4 Å². The van der Waals surface area contributed by atoms with Crippen molar-refractivity contribution in [3.05, 3.63) is 71.9 Å². The van der Waals surface area contributed by atoms with E-state index >= 15 is 0 Å². The molecule has 1 fully saturated rings. The van der Waals surface area contributed by atoms with Crippen molar-refractivity contribution in [3.63, 3.8) is 0 Å². The van der Waals surface area contributed by atoms with E-state index in [2.05, 4.69) is 20.5 Å². The van der Waals surface area contributed by atoms with Crippen LogP contribution >= 0.6 is 0 Å². The lowest BCUT2D eigenvalue weighted by Gasteiger charge is -2.28. The van der Waals surface area contributed by atoms with Gasteiger partial charge in [0.15, 0.2) is 0 Å². The number of anilines is 5. The highest BCUT2D eigenvalue weighted by Gasteiger charge is 2.17. The molecule has 1 aromatic heterocycles. The van der Waals surface area contributed by atoms with Gasteiger partial charge in [-0.3, -0.25) is 9.10 Å². The fourth-order valence-electron chi connectivity index (χ4n) is 3.93. The molecule has 0 aliphatic carbocycles. The zero-order valence-corrected chi connectivity index (χ0v) is 21.1. The molecular formula is C25H30N6O4S. The number of primary amides is 1. The number of carbonyl (C=O) groups excluding carboxylic acids is 1. The molecule has 1 amide bonds. The number of ether oxygens (including phenoxy) is 1. The SMILES string of the molecule is CN(c1ccccc1CNc1cc(Nc2ccc(N3CCOCC3)cc2)ncc1C(N)=O)S(C)(=O)=O. The molecule has 36 heavy (non-hydrogen) atoms. The number of amides is 1. The first-order valence-electron chi connectivity index (χ1n) is 11.5. The number of carbonyl (C=O) groups is 1. The summed E-state index contributed by atoms with van der Waals surface area (Å²) in [7, 11) is -1.93. The fraction of sp³-hybridized carbons (Fsp3) is 0.280. The fourth-order valence-corrected chi connectivity index (χ4v) is 4.46. The van der Waals surface area contributed by atoms with E-state index in [1.165, 1.54) is 17.5 Å². The van der Waals surface area contributed by atoms with Gasteiger partial charge in [0.25, 0.3) is 5.91 Å². The normalized spacial score (nSPS) is 13.8. The molecule has 11 heteroatoms. The predicted molar refractivity (Wildman–Crippen MR) is 143 cm³/mol. The maximum absolute atomic E-state index is 12.1. The summed E-state index contributed by atoms with van der Waals surface area (Å²) in [5.74, 6) is -0.0869. The number of hydrogen-bond acceptors (Lipinski definition) is 8. The van der Waals surface area contributed by atoms with Gasteiger partial charge in [-0.05, 0) is 35.9 Å². The largest absolute Gasteiger partial charge is 0.380 e. The highest BCUT2D eigenvalue weighted by Crippen LogP contribution is 2.26. The van der Waals surface area contributed by atoms with Gasteiger partial charge in [0.2, 0.25) is 10.0 Å². The second kappa shape index (κ2) is 10.8. The molecule has 0 bridgehead atoms. The lowest BCUT2D eigenvalue weighted by molar-refractivity contribution is 0.100. The molecule has 2 aromatic carbocycles. The molecule has 1 aliphatic rings. The van der Waals surface area contributed by atoms with Crippen LogP contribution in [0.4, 0.5) is 28.6 Å². The van der Waals surface area contributed by atoms with Crippen LogP contribution in [-0.2, 0) is 21.3 Å². The minimum atomic E-state index is -3.43. The number of rotatable bonds is 9. The van der Waals surface area contributed by atoms with Crippen LogP contribution < -0.4 is 25.6 Å². The van der Waals surface area contributed by atoms with Gasteiger partial charge in [0, 0.05) is 50.3 Å². The van der Waals surface area contributed by atoms with Gasteiger partial charge >= 0.3 is 0 Å². The molecule has 3 aromatic rings. The molecule has 10 nitrogen and oxygen atoms in total. The van der Waals surface area contributed by atoms with Gasteiger partial charge in [-0.1, -0.05) is 18.2 Å². The van der Waals surface area contributed by atoms with Gasteiger partial charge in [0.05, 0.1) is 36.4 Å². The van der Waals surface area contributed by atoms with Crippen LogP contribution in [0.15, 0.2) is 60.8 Å². The molecule has 190 valence electrons. The highest BCUT2D eigenvalue weighted by molar-refractivity contribution is 7.92. The maximum atomic E-state index is 12.1. The Labute approximate surface area is 211 Å². The quantitative estimate of drug-likeness (QED) is 0.401. The number of nitrogens with zero attached hydrogens (tertiary/aromatic N) is 3. The lowest BCUT2D eigenvalue weighted by Crippen LogP contribution is -2.36. The average Bonchev–Trinajstić information content (AvgIpc) is 2.87. The summed E-state index contributed by atoms with van der Waals surface area (Å²) < 4.78 is 30.7. The summed E-state index contributed by atoms with van der Waals surface area (Å²) >= 11 is 0. The highest BCUT2D eigenvalue weighted by atomic mass is 32.2. The molecule has 2 heterocycles. The van der Waals surface area contributed by atoms with Gasteiger partial charge in [-0.15, -0.1) is 0 Å². The van der Waals surface area contributed by atoms with Crippen LogP contribution in [0.25, 0.3) is 0 Å². The van der Waals surface area contributed by atoms with Gasteiger partial charge in [0.1, 0.15) is 5.82 Å². The average molecular weight is 511 g/mol. The molecule has 0 unspecified atom stereocenters. The molecule has 0 atom stereocenters. The van der Waals surface area contributed by atoms with Crippen molar-refractivity contribution in [1.82, 2.24) is 4.98 Å². The van der Waals surface area contributed by atoms with Crippen LogP contribution in [0.5, 0.6) is 0 Å². The number of benzene rings is 2. The van der Waals surface area contributed by atoms with Crippen LogP contribution in [0, 0.1) is 0 Å². The Morgan fingerprint density at radius 3 is 2.50 bits per heavy atom. The Hall–Kier alpha value is -3.83. The van der Waals surface area contributed by atoms with Crippen LogP contribution in [-0.4, -0.2) is 58.9 Å².